The van der Waals surface area contributed by atoms with Crippen molar-refractivity contribution < 1.29 is 28.3 Å². The van der Waals surface area contributed by atoms with Crippen LogP contribution in [0.1, 0.15) is 6.92 Å². The maximum atomic E-state index is 11.3. The monoisotopic (exact) mass is 327 g/mol. The molecule has 0 saturated heterocycles. The standard InChI is InChI=1S/C10H9Cl2O6P/c1-6(18-19(14)15)17-10(13)5-16-9-3-2-7(11)4-8(9)12/h2-4,6H,5H2,1H3/p+1. The lowest BCUT2D eigenvalue weighted by Crippen LogP contribution is -2.21. The molecular formula is C10H10Cl2O6P+. The SMILES string of the molecule is CC(OC(=O)COc1ccc(Cl)cc1Cl)O[P+](=O)O. The molecule has 0 aliphatic heterocycles. The zero-order chi connectivity index (χ0) is 14.4. The van der Waals surface area contributed by atoms with Crippen LogP contribution in [0.3, 0.4) is 0 Å². The Morgan fingerprint density at radius 2 is 2.16 bits per heavy atom. The number of hydrogen-bond acceptors (Lipinski definition) is 5. The van der Waals surface area contributed by atoms with E-state index >= 15 is 0 Å². The third kappa shape index (κ3) is 6.18. The average Bonchev–Trinajstić information content (AvgIpc) is 2.26. The van der Waals surface area contributed by atoms with Crippen LogP contribution in [0.25, 0.3) is 0 Å². The van der Waals surface area contributed by atoms with Crippen LogP contribution in [0.4, 0.5) is 0 Å². The van der Waals surface area contributed by atoms with Gasteiger partial charge in [-0.3, -0.25) is 0 Å². The van der Waals surface area contributed by atoms with Gasteiger partial charge in [0.1, 0.15) is 5.75 Å². The molecule has 0 radical (unpaired) electrons. The summed E-state index contributed by atoms with van der Waals surface area (Å²) in [5.74, 6) is -0.500. The first-order valence-corrected chi connectivity index (χ1v) is 6.87. The Morgan fingerprint density at radius 3 is 2.74 bits per heavy atom. The molecule has 0 amide bonds. The third-order valence-electron chi connectivity index (χ3n) is 1.78. The van der Waals surface area contributed by atoms with Crippen molar-refractivity contribution in [3.8, 4) is 5.75 Å². The van der Waals surface area contributed by atoms with Gasteiger partial charge in [0.25, 0.3) is 6.29 Å². The molecule has 0 fully saturated rings. The van der Waals surface area contributed by atoms with Gasteiger partial charge in [-0.25, -0.2) is 4.79 Å². The first kappa shape index (κ1) is 16.1. The van der Waals surface area contributed by atoms with Crippen LogP contribution in [0.5, 0.6) is 5.75 Å². The van der Waals surface area contributed by atoms with E-state index < -0.39 is 27.1 Å². The van der Waals surface area contributed by atoms with E-state index in [0.717, 1.165) is 0 Å². The molecule has 1 rings (SSSR count). The van der Waals surface area contributed by atoms with Crippen molar-refractivity contribution in [1.82, 2.24) is 0 Å². The second-order valence-electron chi connectivity index (χ2n) is 3.26. The zero-order valence-corrected chi connectivity index (χ0v) is 12.1. The zero-order valence-electron chi connectivity index (χ0n) is 9.71. The first-order chi connectivity index (χ1) is 8.88. The van der Waals surface area contributed by atoms with Crippen molar-refractivity contribution >= 4 is 37.4 Å². The molecule has 2 unspecified atom stereocenters. The van der Waals surface area contributed by atoms with Gasteiger partial charge in [0.2, 0.25) is 0 Å². The van der Waals surface area contributed by atoms with Crippen LogP contribution >= 0.6 is 31.5 Å². The van der Waals surface area contributed by atoms with E-state index in [4.69, 9.17) is 32.8 Å². The lowest BCUT2D eigenvalue weighted by atomic mass is 10.3. The fraction of sp³-hybridized carbons (Fsp3) is 0.300. The van der Waals surface area contributed by atoms with E-state index in [1.807, 2.05) is 0 Å². The van der Waals surface area contributed by atoms with Crippen LogP contribution in [0.2, 0.25) is 10.0 Å². The van der Waals surface area contributed by atoms with Crippen LogP contribution in [-0.4, -0.2) is 23.8 Å². The van der Waals surface area contributed by atoms with Gasteiger partial charge < -0.3 is 9.47 Å². The Kier molecular flexibility index (Phi) is 6.48. The van der Waals surface area contributed by atoms with Gasteiger partial charge in [-0.1, -0.05) is 27.7 Å². The number of carbonyl (C=O) groups excluding carboxylic acids is 1. The molecular weight excluding hydrogens is 318 g/mol. The number of carbonyl (C=O) groups is 1. The summed E-state index contributed by atoms with van der Waals surface area (Å²) >= 11 is 11.5. The Hall–Kier alpha value is -0.910. The van der Waals surface area contributed by atoms with E-state index in [1.165, 1.54) is 19.1 Å². The van der Waals surface area contributed by atoms with Gasteiger partial charge >= 0.3 is 14.2 Å². The second kappa shape index (κ2) is 7.62. The predicted molar refractivity (Wildman–Crippen MR) is 68.4 cm³/mol. The summed E-state index contributed by atoms with van der Waals surface area (Å²) in [7, 11) is -2.84. The van der Waals surface area contributed by atoms with Crippen molar-refractivity contribution in [3.63, 3.8) is 0 Å². The van der Waals surface area contributed by atoms with Crippen LogP contribution in [-0.2, 0) is 18.6 Å². The molecule has 19 heavy (non-hydrogen) atoms. The molecule has 1 N–H and O–H groups in total. The highest BCUT2D eigenvalue weighted by atomic mass is 35.5. The smallest absolute Gasteiger partial charge is 0.480 e. The van der Waals surface area contributed by atoms with E-state index in [1.54, 1.807) is 6.07 Å². The minimum atomic E-state index is -2.84. The molecule has 2 atom stereocenters. The van der Waals surface area contributed by atoms with Gasteiger partial charge in [0.05, 0.1) is 5.02 Å². The third-order valence-corrected chi connectivity index (χ3v) is 2.78. The molecule has 0 aliphatic carbocycles. The van der Waals surface area contributed by atoms with E-state index in [2.05, 4.69) is 9.26 Å². The van der Waals surface area contributed by atoms with Crippen LogP contribution in [0.15, 0.2) is 18.2 Å². The quantitative estimate of drug-likeness (QED) is 0.491. The van der Waals surface area contributed by atoms with Crippen molar-refractivity contribution in [2.24, 2.45) is 0 Å². The van der Waals surface area contributed by atoms with Crippen molar-refractivity contribution in [2.75, 3.05) is 6.61 Å². The largest absolute Gasteiger partial charge is 0.698 e. The molecule has 1 aromatic rings. The van der Waals surface area contributed by atoms with E-state index in [9.17, 15) is 9.36 Å². The summed E-state index contributed by atoms with van der Waals surface area (Å²) < 4.78 is 24.4. The minimum Gasteiger partial charge on any atom is -0.480 e. The summed E-state index contributed by atoms with van der Waals surface area (Å²) in [5.41, 5.74) is 0. The van der Waals surface area contributed by atoms with Crippen molar-refractivity contribution in [2.45, 2.75) is 13.2 Å². The highest BCUT2D eigenvalue weighted by Crippen LogP contribution is 2.27. The molecule has 0 bridgehead atoms. The lowest BCUT2D eigenvalue weighted by molar-refractivity contribution is -0.163. The molecule has 0 heterocycles. The van der Waals surface area contributed by atoms with E-state index in [0.29, 0.717) is 5.02 Å². The molecule has 6 nitrogen and oxygen atoms in total. The van der Waals surface area contributed by atoms with Gasteiger partial charge in [0, 0.05) is 16.5 Å². The summed E-state index contributed by atoms with van der Waals surface area (Å²) in [6.07, 6.45) is -1.15. The highest BCUT2D eigenvalue weighted by Gasteiger charge is 2.22. The molecule has 0 saturated carbocycles. The maximum Gasteiger partial charge on any atom is 0.698 e. The Labute approximate surface area is 120 Å². The van der Waals surface area contributed by atoms with Crippen molar-refractivity contribution in [1.29, 1.82) is 0 Å². The predicted octanol–water partition coefficient (Wildman–Crippen LogP) is 2.93. The molecule has 104 valence electrons. The van der Waals surface area contributed by atoms with E-state index in [-0.39, 0.29) is 10.8 Å². The Balaban J connectivity index is 2.43. The number of hydrogen-bond donors (Lipinski definition) is 1. The molecule has 0 spiro atoms. The average molecular weight is 328 g/mol. The fourth-order valence-corrected chi connectivity index (χ4v) is 1.86. The Morgan fingerprint density at radius 1 is 1.47 bits per heavy atom. The van der Waals surface area contributed by atoms with Gasteiger partial charge in [-0.2, -0.15) is 0 Å². The topological polar surface area (TPSA) is 82.1 Å². The Bertz CT molecular complexity index is 481. The van der Waals surface area contributed by atoms with Gasteiger partial charge in [0.15, 0.2) is 6.61 Å². The number of benzene rings is 1. The maximum absolute atomic E-state index is 11.3. The highest BCUT2D eigenvalue weighted by molar-refractivity contribution is 7.32. The second-order valence-corrected chi connectivity index (χ2v) is 4.79. The fourth-order valence-electron chi connectivity index (χ4n) is 1.10. The summed E-state index contributed by atoms with van der Waals surface area (Å²) in [4.78, 5) is 19.8. The first-order valence-electron chi connectivity index (χ1n) is 4.98. The molecule has 0 aliphatic rings. The normalized spacial score (nSPS) is 12.7. The van der Waals surface area contributed by atoms with Gasteiger partial charge in [-0.15, -0.1) is 4.89 Å². The summed E-state index contributed by atoms with van der Waals surface area (Å²) in [5, 5.41) is 0.691. The number of rotatable bonds is 6. The van der Waals surface area contributed by atoms with Crippen molar-refractivity contribution in [3.05, 3.63) is 28.2 Å². The summed E-state index contributed by atoms with van der Waals surface area (Å²) in [6, 6.07) is 4.52. The number of ether oxygens (including phenoxy) is 2. The lowest BCUT2D eigenvalue weighted by Gasteiger charge is -2.09. The number of halogens is 2. The van der Waals surface area contributed by atoms with Crippen LogP contribution in [0, 0.1) is 0 Å². The molecule has 1 aromatic carbocycles. The van der Waals surface area contributed by atoms with Gasteiger partial charge in [-0.05, 0) is 18.2 Å². The van der Waals surface area contributed by atoms with Crippen LogP contribution < -0.4 is 4.74 Å². The number of esters is 1. The molecule has 0 aromatic heterocycles. The minimum absolute atomic E-state index is 0.253. The summed E-state index contributed by atoms with van der Waals surface area (Å²) in [6.45, 7) is 0.883. The molecule has 9 heteroatoms.